The summed E-state index contributed by atoms with van der Waals surface area (Å²) in [6, 6.07) is 5.68. The predicted octanol–water partition coefficient (Wildman–Crippen LogP) is 2.19. The van der Waals surface area contributed by atoms with E-state index in [-0.39, 0.29) is 6.04 Å². The summed E-state index contributed by atoms with van der Waals surface area (Å²) in [6.07, 6.45) is 2.67. The second-order valence-electron chi connectivity index (χ2n) is 5.71. The first-order valence-corrected chi connectivity index (χ1v) is 8.66. The zero-order valence-corrected chi connectivity index (χ0v) is 15.7. The normalized spacial score (nSPS) is 16.3. The molecule has 1 aliphatic rings. The number of benzene rings is 1. The van der Waals surface area contributed by atoms with E-state index in [1.54, 1.807) is 26.5 Å². The Morgan fingerprint density at radius 1 is 1.20 bits per heavy atom. The van der Waals surface area contributed by atoms with Crippen molar-refractivity contribution in [2.45, 2.75) is 12.5 Å². The second-order valence-corrected chi connectivity index (χ2v) is 6.57. The number of ether oxygens (including phenoxy) is 2. The number of hydrogen-bond acceptors (Lipinski definition) is 6. The van der Waals surface area contributed by atoms with Crippen LogP contribution in [0.15, 0.2) is 28.9 Å². The van der Waals surface area contributed by atoms with Crippen LogP contribution in [0.25, 0.3) is 0 Å². The van der Waals surface area contributed by atoms with E-state index < -0.39 is 0 Å². The molecule has 1 saturated heterocycles. The summed E-state index contributed by atoms with van der Waals surface area (Å²) in [5, 5.41) is 0. The van der Waals surface area contributed by atoms with Gasteiger partial charge < -0.3 is 20.1 Å². The van der Waals surface area contributed by atoms with E-state index in [1.165, 1.54) is 0 Å². The Labute approximate surface area is 155 Å². The lowest BCUT2D eigenvalue weighted by molar-refractivity contribution is 0.394. The van der Waals surface area contributed by atoms with Gasteiger partial charge in [-0.25, -0.2) is 9.97 Å². The largest absolute Gasteiger partial charge is 0.497 e. The van der Waals surface area contributed by atoms with Crippen molar-refractivity contribution in [2.24, 2.45) is 5.73 Å². The molecule has 0 spiro atoms. The Bertz CT molecular complexity index is 809. The Hall–Kier alpha value is -2.30. The maximum absolute atomic E-state index is 5.96. The van der Waals surface area contributed by atoms with Gasteiger partial charge in [-0.05, 0) is 40.4 Å². The van der Waals surface area contributed by atoms with Crippen LogP contribution in [-0.4, -0.2) is 43.3 Å². The van der Waals surface area contributed by atoms with Crippen molar-refractivity contribution in [1.82, 2.24) is 9.97 Å². The molecule has 3 rings (SSSR count). The molecule has 0 unspecified atom stereocenters. The van der Waals surface area contributed by atoms with Crippen molar-refractivity contribution in [1.29, 1.82) is 0 Å². The van der Waals surface area contributed by atoms with Crippen molar-refractivity contribution in [2.75, 3.05) is 32.2 Å². The summed E-state index contributed by atoms with van der Waals surface area (Å²) in [4.78, 5) is 11.0. The number of aromatic nitrogens is 2. The van der Waals surface area contributed by atoms with Gasteiger partial charge in [0, 0.05) is 37.0 Å². The van der Waals surface area contributed by atoms with E-state index in [0.717, 1.165) is 29.5 Å². The third-order valence-electron chi connectivity index (χ3n) is 3.92. The van der Waals surface area contributed by atoms with Crippen LogP contribution in [0.2, 0.25) is 0 Å². The molecule has 1 fully saturated rings. The molecule has 6 nitrogen and oxygen atoms in total. The van der Waals surface area contributed by atoms with Gasteiger partial charge in [0.25, 0.3) is 0 Å². The van der Waals surface area contributed by atoms with Gasteiger partial charge in [0.1, 0.15) is 17.2 Å². The average Bonchev–Trinajstić information content (AvgIpc) is 3.07. The highest BCUT2D eigenvalue weighted by atomic mass is 79.9. The molecule has 1 aliphatic heterocycles. The summed E-state index contributed by atoms with van der Waals surface area (Å²) >= 11 is 3.46. The fourth-order valence-corrected chi connectivity index (χ4v) is 2.87. The SMILES string of the molecule is COc1cc(C#Cc2nc(N3CC[C@H](N)C3)ncc2Br)cc(OC)c1. The maximum atomic E-state index is 5.96. The van der Waals surface area contributed by atoms with Crippen LogP contribution in [0, 0.1) is 11.8 Å². The van der Waals surface area contributed by atoms with Crippen LogP contribution in [0.4, 0.5) is 5.95 Å². The van der Waals surface area contributed by atoms with E-state index in [9.17, 15) is 0 Å². The Kier molecular flexibility index (Phi) is 5.41. The van der Waals surface area contributed by atoms with Gasteiger partial charge >= 0.3 is 0 Å². The minimum absolute atomic E-state index is 0.172. The van der Waals surface area contributed by atoms with Gasteiger partial charge in [-0.2, -0.15) is 0 Å². The first-order valence-electron chi connectivity index (χ1n) is 7.87. The van der Waals surface area contributed by atoms with Crippen molar-refractivity contribution in [3.05, 3.63) is 40.1 Å². The van der Waals surface area contributed by atoms with Crippen LogP contribution >= 0.6 is 15.9 Å². The van der Waals surface area contributed by atoms with Crippen LogP contribution in [0.5, 0.6) is 11.5 Å². The molecule has 25 heavy (non-hydrogen) atoms. The molecular weight excluding hydrogens is 384 g/mol. The molecule has 2 N–H and O–H groups in total. The molecule has 0 aliphatic carbocycles. The lowest BCUT2D eigenvalue weighted by atomic mass is 10.2. The maximum Gasteiger partial charge on any atom is 0.226 e. The minimum atomic E-state index is 0.172. The molecule has 1 atom stereocenters. The van der Waals surface area contributed by atoms with Crippen molar-refractivity contribution < 1.29 is 9.47 Å². The van der Waals surface area contributed by atoms with Crippen molar-refractivity contribution in [3.63, 3.8) is 0 Å². The summed E-state index contributed by atoms with van der Waals surface area (Å²) in [6.45, 7) is 1.63. The zero-order valence-electron chi connectivity index (χ0n) is 14.1. The number of nitrogens with two attached hydrogens (primary N) is 1. The monoisotopic (exact) mass is 402 g/mol. The Balaban J connectivity index is 1.90. The highest BCUT2D eigenvalue weighted by Gasteiger charge is 2.21. The molecule has 0 amide bonds. The van der Waals surface area contributed by atoms with E-state index in [0.29, 0.717) is 23.1 Å². The van der Waals surface area contributed by atoms with Gasteiger partial charge in [-0.15, -0.1) is 0 Å². The van der Waals surface area contributed by atoms with Crippen LogP contribution < -0.4 is 20.1 Å². The Morgan fingerprint density at radius 2 is 1.92 bits per heavy atom. The number of hydrogen-bond donors (Lipinski definition) is 1. The minimum Gasteiger partial charge on any atom is -0.497 e. The fraction of sp³-hybridized carbons (Fsp3) is 0.333. The molecule has 7 heteroatoms. The highest BCUT2D eigenvalue weighted by molar-refractivity contribution is 9.10. The average molecular weight is 403 g/mol. The summed E-state index contributed by atoms with van der Waals surface area (Å²) in [5.41, 5.74) is 7.38. The van der Waals surface area contributed by atoms with Gasteiger partial charge in [0.2, 0.25) is 5.95 Å². The molecule has 0 radical (unpaired) electrons. The second kappa shape index (κ2) is 7.72. The topological polar surface area (TPSA) is 73.5 Å². The van der Waals surface area contributed by atoms with Crippen molar-refractivity contribution >= 4 is 21.9 Å². The number of rotatable bonds is 3. The van der Waals surface area contributed by atoms with E-state index in [4.69, 9.17) is 15.2 Å². The van der Waals surface area contributed by atoms with Gasteiger partial charge in [0.15, 0.2) is 0 Å². The standard InChI is InChI=1S/C18H19BrN4O2/c1-24-14-7-12(8-15(9-14)25-2)3-4-17-16(19)10-21-18(22-17)23-6-5-13(20)11-23/h7-10,13H,5-6,11,20H2,1-2H3/t13-/m0/s1. The molecule has 0 bridgehead atoms. The lowest BCUT2D eigenvalue weighted by Gasteiger charge is -2.15. The molecule has 2 heterocycles. The number of halogens is 1. The predicted molar refractivity (Wildman–Crippen MR) is 100 cm³/mol. The number of methoxy groups -OCH3 is 2. The number of nitrogens with zero attached hydrogens (tertiary/aromatic N) is 3. The molecular formula is C18H19BrN4O2. The molecule has 1 aromatic carbocycles. The third kappa shape index (κ3) is 4.21. The summed E-state index contributed by atoms with van der Waals surface area (Å²) in [5.74, 6) is 8.23. The quantitative estimate of drug-likeness (QED) is 0.793. The smallest absolute Gasteiger partial charge is 0.226 e. The lowest BCUT2D eigenvalue weighted by Crippen LogP contribution is -2.27. The van der Waals surface area contributed by atoms with E-state index in [1.807, 2.05) is 12.1 Å². The first kappa shape index (κ1) is 17.5. The van der Waals surface area contributed by atoms with Crippen LogP contribution in [0.3, 0.4) is 0 Å². The van der Waals surface area contributed by atoms with Crippen LogP contribution in [-0.2, 0) is 0 Å². The van der Waals surface area contributed by atoms with Crippen LogP contribution in [0.1, 0.15) is 17.7 Å². The van der Waals surface area contributed by atoms with Gasteiger partial charge in [-0.1, -0.05) is 5.92 Å². The number of anilines is 1. The van der Waals surface area contributed by atoms with E-state index in [2.05, 4.69) is 42.6 Å². The highest BCUT2D eigenvalue weighted by Crippen LogP contribution is 2.23. The molecule has 1 aromatic heterocycles. The fourth-order valence-electron chi connectivity index (χ4n) is 2.58. The summed E-state index contributed by atoms with van der Waals surface area (Å²) in [7, 11) is 3.22. The summed E-state index contributed by atoms with van der Waals surface area (Å²) < 4.78 is 11.3. The van der Waals surface area contributed by atoms with Crippen molar-refractivity contribution in [3.8, 4) is 23.3 Å². The molecule has 2 aromatic rings. The third-order valence-corrected chi connectivity index (χ3v) is 4.50. The van der Waals surface area contributed by atoms with Gasteiger partial charge in [-0.3, -0.25) is 0 Å². The Morgan fingerprint density at radius 3 is 2.52 bits per heavy atom. The van der Waals surface area contributed by atoms with E-state index >= 15 is 0 Å². The molecule has 0 saturated carbocycles. The zero-order chi connectivity index (χ0) is 17.8. The van der Waals surface area contributed by atoms with Gasteiger partial charge in [0.05, 0.1) is 18.7 Å². The first-order chi connectivity index (χ1) is 12.1. The molecule has 130 valence electrons.